The van der Waals surface area contributed by atoms with Crippen LogP contribution >= 0.6 is 0 Å². The largest absolute Gasteiger partial charge is 0.433 e. The first-order valence-corrected chi connectivity index (χ1v) is 12.2. The molecule has 0 saturated heterocycles. The summed E-state index contributed by atoms with van der Waals surface area (Å²) in [4.78, 5) is 12.3. The zero-order valence-electron chi connectivity index (χ0n) is 20.9. The molecule has 0 amide bonds. The summed E-state index contributed by atoms with van der Waals surface area (Å²) in [7, 11) is 0. The molecule has 0 aliphatic rings. The van der Waals surface area contributed by atoms with Gasteiger partial charge in [0, 0.05) is 37.6 Å². The second-order valence-electron chi connectivity index (χ2n) is 8.86. The van der Waals surface area contributed by atoms with Crippen LogP contribution in [-0.4, -0.2) is 39.7 Å². The molecule has 1 atom stereocenters. The zero-order valence-corrected chi connectivity index (χ0v) is 20.9. The molecule has 12 heteroatoms. The molecule has 0 radical (unpaired) electrons. The van der Waals surface area contributed by atoms with E-state index < -0.39 is 29.7 Å². The van der Waals surface area contributed by atoms with Gasteiger partial charge in [0.2, 0.25) is 0 Å². The van der Waals surface area contributed by atoms with Crippen LogP contribution in [0.3, 0.4) is 0 Å². The molecule has 6 nitrogen and oxygen atoms in total. The van der Waals surface area contributed by atoms with E-state index in [-0.39, 0.29) is 29.4 Å². The van der Waals surface area contributed by atoms with Gasteiger partial charge in [0.25, 0.3) is 0 Å². The Morgan fingerprint density at radius 3 is 1.90 bits per heavy atom. The van der Waals surface area contributed by atoms with Crippen LogP contribution in [0.15, 0.2) is 85.2 Å². The number of hydrogen-bond acceptors (Lipinski definition) is 6. The summed E-state index contributed by atoms with van der Waals surface area (Å²) in [6, 6.07) is 16.3. The van der Waals surface area contributed by atoms with Crippen molar-refractivity contribution in [2.45, 2.75) is 24.5 Å². The number of nitrogens with one attached hydrogen (secondary N) is 2. The van der Waals surface area contributed by atoms with Crippen molar-refractivity contribution < 1.29 is 31.4 Å². The summed E-state index contributed by atoms with van der Waals surface area (Å²) >= 11 is 0. The highest BCUT2D eigenvalue weighted by Crippen LogP contribution is 2.34. The van der Waals surface area contributed by atoms with Crippen molar-refractivity contribution >= 4 is 0 Å². The number of aliphatic hydroxyl groups is 1. The van der Waals surface area contributed by atoms with Gasteiger partial charge in [-0.3, -0.25) is 9.97 Å². The van der Waals surface area contributed by atoms with E-state index in [1.165, 1.54) is 6.07 Å². The highest BCUT2D eigenvalue weighted by atomic mass is 19.4. The monoisotopic (exact) mass is 561 g/mol. The minimum absolute atomic E-state index is 0.0554. The number of benzene rings is 1. The molecule has 0 aliphatic heterocycles. The fourth-order valence-corrected chi connectivity index (χ4v) is 3.98. The molecule has 0 fully saturated rings. The summed E-state index contributed by atoms with van der Waals surface area (Å²) in [5, 5.41) is 17.0. The normalized spacial score (nSPS) is 13.0. The average Bonchev–Trinajstić information content (AvgIpc) is 2.94. The smallest absolute Gasteiger partial charge is 0.387 e. The van der Waals surface area contributed by atoms with Crippen molar-refractivity contribution in [1.82, 2.24) is 25.6 Å². The predicted molar refractivity (Wildman–Crippen MR) is 136 cm³/mol. The number of aliphatic hydroxyl groups excluding tert-OH is 1. The van der Waals surface area contributed by atoms with Gasteiger partial charge in [0.1, 0.15) is 5.69 Å². The van der Waals surface area contributed by atoms with E-state index in [1.54, 1.807) is 24.5 Å². The highest BCUT2D eigenvalue weighted by Gasteiger charge is 2.34. The number of alkyl halides is 6. The second-order valence-corrected chi connectivity index (χ2v) is 8.86. The number of rotatable bonds is 10. The van der Waals surface area contributed by atoms with E-state index in [9.17, 15) is 31.4 Å². The fourth-order valence-electron chi connectivity index (χ4n) is 3.98. The Kier molecular flexibility index (Phi) is 9.13. The Balaban J connectivity index is 1.42. The molecule has 0 aliphatic carbocycles. The maximum absolute atomic E-state index is 13.5. The van der Waals surface area contributed by atoms with Crippen LogP contribution < -0.4 is 10.6 Å². The molecule has 210 valence electrons. The van der Waals surface area contributed by atoms with Crippen LogP contribution in [0.25, 0.3) is 11.3 Å². The molecule has 3 aromatic heterocycles. The lowest BCUT2D eigenvalue weighted by atomic mass is 10.0. The molecule has 4 rings (SSSR count). The molecule has 3 N–H and O–H groups in total. The number of pyridine rings is 3. The first-order valence-electron chi connectivity index (χ1n) is 12.2. The molecule has 0 bridgehead atoms. The van der Waals surface area contributed by atoms with Crippen molar-refractivity contribution in [3.8, 4) is 11.3 Å². The topological polar surface area (TPSA) is 83.0 Å². The van der Waals surface area contributed by atoms with Crippen molar-refractivity contribution in [2.24, 2.45) is 0 Å². The van der Waals surface area contributed by atoms with E-state index >= 15 is 0 Å². The molecule has 0 unspecified atom stereocenters. The quantitative estimate of drug-likeness (QED) is 0.173. The standard InChI is InChI=1S/C28H25F6N5O/c29-27(30,31)20-9-7-18(8-10-20)23-15-19(16-25(39-23)28(32,33)34)24(40)17-35-13-14-38-26(21-5-1-3-11-36-21)22-6-2-4-12-37-22/h1-12,15-16,24,26,35,38,40H,13-14,17H2/t24-/m0/s1. The first-order chi connectivity index (χ1) is 19.0. The Hall–Kier alpha value is -3.87. The van der Waals surface area contributed by atoms with Gasteiger partial charge < -0.3 is 15.7 Å². The average molecular weight is 562 g/mol. The van der Waals surface area contributed by atoms with E-state index in [0.717, 1.165) is 41.7 Å². The number of halogens is 6. The summed E-state index contributed by atoms with van der Waals surface area (Å²) in [6.45, 7) is 0.703. The molecule has 40 heavy (non-hydrogen) atoms. The molecule has 0 saturated carbocycles. The minimum atomic E-state index is -4.82. The van der Waals surface area contributed by atoms with Gasteiger partial charge in [-0.15, -0.1) is 0 Å². The van der Waals surface area contributed by atoms with Crippen LogP contribution in [0.5, 0.6) is 0 Å². The molecular formula is C28H25F6N5O. The number of nitrogens with zero attached hydrogens (tertiary/aromatic N) is 3. The van der Waals surface area contributed by atoms with E-state index in [2.05, 4.69) is 25.6 Å². The second kappa shape index (κ2) is 12.5. The van der Waals surface area contributed by atoms with Crippen LogP contribution in [0, 0.1) is 0 Å². The van der Waals surface area contributed by atoms with Gasteiger partial charge in [0.15, 0.2) is 0 Å². The summed E-state index contributed by atoms with van der Waals surface area (Å²) in [5.41, 5.74) is -0.893. The van der Waals surface area contributed by atoms with Crippen LogP contribution in [0.4, 0.5) is 26.3 Å². The lowest BCUT2D eigenvalue weighted by Gasteiger charge is -2.19. The molecule has 1 aromatic carbocycles. The number of aromatic nitrogens is 3. The lowest BCUT2D eigenvalue weighted by molar-refractivity contribution is -0.141. The Morgan fingerprint density at radius 1 is 0.750 bits per heavy atom. The van der Waals surface area contributed by atoms with Gasteiger partial charge in [-0.2, -0.15) is 26.3 Å². The Labute approximate surface area is 226 Å². The van der Waals surface area contributed by atoms with E-state index in [1.807, 2.05) is 24.3 Å². The van der Waals surface area contributed by atoms with E-state index in [4.69, 9.17) is 0 Å². The van der Waals surface area contributed by atoms with Crippen molar-refractivity contribution in [3.05, 3.63) is 113 Å². The Morgan fingerprint density at radius 2 is 1.38 bits per heavy atom. The summed E-state index contributed by atoms with van der Waals surface area (Å²) in [6.07, 6.45) is -7.40. The van der Waals surface area contributed by atoms with Crippen molar-refractivity contribution in [3.63, 3.8) is 0 Å². The van der Waals surface area contributed by atoms with Crippen LogP contribution in [0.2, 0.25) is 0 Å². The minimum Gasteiger partial charge on any atom is -0.387 e. The van der Waals surface area contributed by atoms with Gasteiger partial charge in [0.05, 0.1) is 34.8 Å². The van der Waals surface area contributed by atoms with E-state index in [0.29, 0.717) is 13.1 Å². The van der Waals surface area contributed by atoms with Gasteiger partial charge in [-0.1, -0.05) is 24.3 Å². The third-order valence-electron chi connectivity index (χ3n) is 5.99. The van der Waals surface area contributed by atoms with Gasteiger partial charge >= 0.3 is 12.4 Å². The van der Waals surface area contributed by atoms with Crippen LogP contribution in [0.1, 0.15) is 40.4 Å². The SMILES string of the molecule is O[C@@H](CNCCNC(c1ccccn1)c1ccccn1)c1cc(-c2ccc(C(F)(F)F)cc2)nc(C(F)(F)F)c1. The van der Waals surface area contributed by atoms with Crippen molar-refractivity contribution in [1.29, 1.82) is 0 Å². The predicted octanol–water partition coefficient (Wildman–Crippen LogP) is 5.58. The summed E-state index contributed by atoms with van der Waals surface area (Å²) < 4.78 is 79.2. The van der Waals surface area contributed by atoms with Gasteiger partial charge in [-0.25, -0.2) is 4.98 Å². The van der Waals surface area contributed by atoms with Crippen molar-refractivity contribution in [2.75, 3.05) is 19.6 Å². The van der Waals surface area contributed by atoms with Crippen LogP contribution in [-0.2, 0) is 12.4 Å². The fraction of sp³-hybridized carbons (Fsp3) is 0.250. The molecular weight excluding hydrogens is 536 g/mol. The first kappa shape index (κ1) is 29.1. The Bertz CT molecular complexity index is 1330. The maximum Gasteiger partial charge on any atom is 0.433 e. The lowest BCUT2D eigenvalue weighted by Crippen LogP contribution is -2.33. The summed E-state index contributed by atoms with van der Waals surface area (Å²) in [5.74, 6) is 0. The number of hydrogen-bond donors (Lipinski definition) is 3. The maximum atomic E-state index is 13.5. The third kappa shape index (κ3) is 7.62. The molecule has 4 aromatic rings. The zero-order chi connectivity index (χ0) is 28.8. The third-order valence-corrected chi connectivity index (χ3v) is 5.99. The molecule has 3 heterocycles. The van der Waals surface area contributed by atoms with Gasteiger partial charge in [-0.05, 0) is 54.1 Å². The highest BCUT2D eigenvalue weighted by molar-refractivity contribution is 5.61. The molecule has 0 spiro atoms.